The summed E-state index contributed by atoms with van der Waals surface area (Å²) in [7, 11) is 0. The second-order valence-corrected chi connectivity index (χ2v) is 5.61. The van der Waals surface area contributed by atoms with E-state index in [1.165, 1.54) is 6.39 Å². The molecule has 0 atom stereocenters. The van der Waals surface area contributed by atoms with Crippen molar-refractivity contribution in [2.24, 2.45) is 0 Å². The van der Waals surface area contributed by atoms with E-state index in [-0.39, 0.29) is 0 Å². The smallest absolute Gasteiger partial charge is 0.230 e. The van der Waals surface area contributed by atoms with Crippen LogP contribution in [0.2, 0.25) is 0 Å². The molecule has 24 heavy (non-hydrogen) atoms. The maximum atomic E-state index is 5.20. The van der Waals surface area contributed by atoms with Gasteiger partial charge in [0.2, 0.25) is 12.3 Å². The molecule has 1 saturated heterocycles. The van der Waals surface area contributed by atoms with Gasteiger partial charge >= 0.3 is 0 Å². The molecule has 8 heteroatoms. The first-order valence-electron chi connectivity index (χ1n) is 7.85. The van der Waals surface area contributed by atoms with Gasteiger partial charge in [-0.15, -0.1) is 20.4 Å². The number of rotatable bonds is 4. The highest BCUT2D eigenvalue weighted by atomic mass is 16.4. The quantitative estimate of drug-likeness (QED) is 0.709. The lowest BCUT2D eigenvalue weighted by Crippen LogP contribution is -2.46. The van der Waals surface area contributed by atoms with E-state index >= 15 is 0 Å². The van der Waals surface area contributed by atoms with Crippen LogP contribution in [0, 0.1) is 0 Å². The van der Waals surface area contributed by atoms with Crippen LogP contribution in [0.3, 0.4) is 0 Å². The minimum atomic E-state index is 0.657. The Balaban J connectivity index is 1.37. The lowest BCUT2D eigenvalue weighted by Gasteiger charge is -2.34. The molecule has 1 fully saturated rings. The number of hydrogen-bond acceptors (Lipinski definition) is 8. The van der Waals surface area contributed by atoms with Crippen molar-refractivity contribution >= 4 is 5.82 Å². The summed E-state index contributed by atoms with van der Waals surface area (Å²) < 4.78 is 5.20. The Morgan fingerprint density at radius 1 is 0.917 bits per heavy atom. The minimum absolute atomic E-state index is 0.657. The first-order valence-corrected chi connectivity index (χ1v) is 7.85. The molecule has 0 N–H and O–H groups in total. The lowest BCUT2D eigenvalue weighted by molar-refractivity contribution is 0.225. The van der Waals surface area contributed by atoms with Crippen molar-refractivity contribution in [2.75, 3.05) is 31.1 Å². The standard InChI is InChI=1S/C16H17N7O/c1-2-15(20-19-14(1)13-3-5-17-6-4-13)23-9-7-22(8-10-23)11-16-21-18-12-24-16/h1-6,12H,7-11H2. The van der Waals surface area contributed by atoms with E-state index in [4.69, 9.17) is 4.42 Å². The summed E-state index contributed by atoms with van der Waals surface area (Å²) in [5.41, 5.74) is 1.88. The molecule has 1 aliphatic rings. The molecule has 8 nitrogen and oxygen atoms in total. The van der Waals surface area contributed by atoms with E-state index in [1.807, 2.05) is 24.3 Å². The van der Waals surface area contributed by atoms with Crippen molar-refractivity contribution in [3.05, 3.63) is 48.9 Å². The van der Waals surface area contributed by atoms with Gasteiger partial charge in [-0.1, -0.05) is 0 Å². The minimum Gasteiger partial charge on any atom is -0.427 e. The Kier molecular flexibility index (Phi) is 4.11. The third-order valence-electron chi connectivity index (χ3n) is 4.09. The molecule has 0 aliphatic carbocycles. The van der Waals surface area contributed by atoms with Gasteiger partial charge in [-0.05, 0) is 24.3 Å². The Morgan fingerprint density at radius 2 is 1.75 bits per heavy atom. The van der Waals surface area contributed by atoms with E-state index in [9.17, 15) is 0 Å². The third kappa shape index (κ3) is 3.23. The highest BCUT2D eigenvalue weighted by Crippen LogP contribution is 2.18. The molecule has 122 valence electrons. The number of piperazine rings is 1. The first-order chi connectivity index (χ1) is 11.9. The third-order valence-corrected chi connectivity index (χ3v) is 4.09. The summed E-state index contributed by atoms with van der Waals surface area (Å²) in [6.45, 7) is 4.35. The Bertz CT molecular complexity index is 753. The van der Waals surface area contributed by atoms with Gasteiger partial charge in [0.1, 0.15) is 0 Å². The topological polar surface area (TPSA) is 84.1 Å². The molecule has 0 unspecified atom stereocenters. The zero-order valence-corrected chi connectivity index (χ0v) is 13.1. The Labute approximate surface area is 139 Å². The molecule has 0 aromatic carbocycles. The fourth-order valence-electron chi connectivity index (χ4n) is 2.76. The van der Waals surface area contributed by atoms with Crippen LogP contribution in [0.5, 0.6) is 0 Å². The monoisotopic (exact) mass is 323 g/mol. The summed E-state index contributed by atoms with van der Waals surface area (Å²) in [5.74, 6) is 1.56. The number of anilines is 1. The van der Waals surface area contributed by atoms with E-state index in [1.54, 1.807) is 12.4 Å². The Morgan fingerprint density at radius 3 is 2.42 bits per heavy atom. The van der Waals surface area contributed by atoms with E-state index in [0.29, 0.717) is 12.4 Å². The SMILES string of the molecule is c1cc(-c2ccc(N3CCN(Cc4nnco4)CC3)nn2)ccn1. The van der Waals surface area contributed by atoms with Crippen molar-refractivity contribution in [1.82, 2.24) is 30.3 Å². The molecule has 0 radical (unpaired) electrons. The summed E-state index contributed by atoms with van der Waals surface area (Å²) in [5, 5.41) is 16.3. The van der Waals surface area contributed by atoms with Crippen molar-refractivity contribution < 1.29 is 4.42 Å². The van der Waals surface area contributed by atoms with Gasteiger partial charge in [-0.3, -0.25) is 9.88 Å². The van der Waals surface area contributed by atoms with Gasteiger partial charge in [-0.2, -0.15) is 0 Å². The van der Waals surface area contributed by atoms with Crippen molar-refractivity contribution in [3.8, 4) is 11.3 Å². The number of pyridine rings is 1. The highest BCUT2D eigenvalue weighted by molar-refractivity contribution is 5.58. The maximum Gasteiger partial charge on any atom is 0.230 e. The number of hydrogen-bond donors (Lipinski definition) is 0. The van der Waals surface area contributed by atoms with E-state index < -0.39 is 0 Å². The molecular formula is C16H17N7O. The van der Waals surface area contributed by atoms with Gasteiger partial charge < -0.3 is 9.32 Å². The fourth-order valence-corrected chi connectivity index (χ4v) is 2.76. The predicted octanol–water partition coefficient (Wildman–Crippen LogP) is 1.24. The molecule has 3 aromatic rings. The van der Waals surface area contributed by atoms with Crippen LogP contribution in [0.25, 0.3) is 11.3 Å². The molecule has 1 aliphatic heterocycles. The van der Waals surface area contributed by atoms with Crippen LogP contribution in [0.15, 0.2) is 47.5 Å². The lowest BCUT2D eigenvalue weighted by atomic mass is 10.2. The van der Waals surface area contributed by atoms with Crippen LogP contribution < -0.4 is 4.90 Å². The molecule has 4 heterocycles. The summed E-state index contributed by atoms with van der Waals surface area (Å²) in [6.07, 6.45) is 4.88. The van der Waals surface area contributed by atoms with Gasteiger partial charge in [0.05, 0.1) is 12.2 Å². The highest BCUT2D eigenvalue weighted by Gasteiger charge is 2.19. The van der Waals surface area contributed by atoms with Crippen LogP contribution in [-0.4, -0.2) is 56.5 Å². The van der Waals surface area contributed by atoms with Gasteiger partial charge in [-0.25, -0.2) is 0 Å². The van der Waals surface area contributed by atoms with Crippen LogP contribution in [0.1, 0.15) is 5.89 Å². The zero-order chi connectivity index (χ0) is 16.2. The number of aromatic nitrogens is 5. The second kappa shape index (κ2) is 6.71. The molecule has 3 aromatic heterocycles. The molecule has 0 spiro atoms. The van der Waals surface area contributed by atoms with Crippen molar-refractivity contribution in [2.45, 2.75) is 6.54 Å². The van der Waals surface area contributed by atoms with Crippen LogP contribution in [0.4, 0.5) is 5.82 Å². The van der Waals surface area contributed by atoms with E-state index in [2.05, 4.69) is 35.2 Å². The maximum absolute atomic E-state index is 5.20. The molecular weight excluding hydrogens is 306 g/mol. The van der Waals surface area contributed by atoms with Crippen molar-refractivity contribution in [3.63, 3.8) is 0 Å². The second-order valence-electron chi connectivity index (χ2n) is 5.61. The molecule has 0 bridgehead atoms. The largest absolute Gasteiger partial charge is 0.427 e. The number of nitrogens with zero attached hydrogens (tertiary/aromatic N) is 7. The summed E-state index contributed by atoms with van der Waals surface area (Å²) in [4.78, 5) is 8.56. The zero-order valence-electron chi connectivity index (χ0n) is 13.1. The van der Waals surface area contributed by atoms with Gasteiger partial charge in [0.15, 0.2) is 5.82 Å². The normalized spacial score (nSPS) is 15.6. The van der Waals surface area contributed by atoms with Crippen molar-refractivity contribution in [1.29, 1.82) is 0 Å². The van der Waals surface area contributed by atoms with Gasteiger partial charge in [0, 0.05) is 44.1 Å². The average molecular weight is 323 g/mol. The molecule has 0 amide bonds. The first kappa shape index (κ1) is 14.7. The summed E-state index contributed by atoms with van der Waals surface area (Å²) in [6, 6.07) is 7.89. The van der Waals surface area contributed by atoms with Crippen LogP contribution >= 0.6 is 0 Å². The van der Waals surface area contributed by atoms with Crippen LogP contribution in [-0.2, 0) is 6.54 Å². The molecule has 0 saturated carbocycles. The Hall–Kier alpha value is -2.87. The van der Waals surface area contributed by atoms with Gasteiger partial charge in [0.25, 0.3) is 0 Å². The predicted molar refractivity (Wildman–Crippen MR) is 87.1 cm³/mol. The fraction of sp³-hybridized carbons (Fsp3) is 0.312. The molecule has 4 rings (SSSR count). The summed E-state index contributed by atoms with van der Waals surface area (Å²) >= 11 is 0. The van der Waals surface area contributed by atoms with E-state index in [0.717, 1.165) is 43.3 Å². The average Bonchev–Trinajstić information content (AvgIpc) is 3.16.